The molecule has 0 aliphatic carbocycles. The van der Waals surface area contributed by atoms with Crippen LogP contribution in [0.15, 0.2) is 12.3 Å². The van der Waals surface area contributed by atoms with Crippen molar-refractivity contribution in [3.05, 3.63) is 18.0 Å². The lowest BCUT2D eigenvalue weighted by Gasteiger charge is -2.32. The lowest BCUT2D eigenvalue weighted by molar-refractivity contribution is -0.135. The van der Waals surface area contributed by atoms with E-state index in [1.54, 1.807) is 0 Å². The van der Waals surface area contributed by atoms with Crippen LogP contribution in [-0.4, -0.2) is 33.7 Å². The second-order valence-corrected chi connectivity index (χ2v) is 5.76. The number of carbonyl (C=O) groups excluding carboxylic acids is 1. The van der Waals surface area contributed by atoms with Crippen LogP contribution in [0.3, 0.4) is 0 Å². The molecule has 1 fully saturated rings. The van der Waals surface area contributed by atoms with Crippen molar-refractivity contribution in [3.8, 4) is 0 Å². The van der Waals surface area contributed by atoms with Crippen molar-refractivity contribution in [1.82, 2.24) is 14.7 Å². The minimum absolute atomic E-state index is 0.111. The van der Waals surface area contributed by atoms with Crippen molar-refractivity contribution in [2.45, 2.75) is 52.5 Å². The Morgan fingerprint density at radius 1 is 1.42 bits per heavy atom. The van der Waals surface area contributed by atoms with Crippen LogP contribution < -0.4 is 0 Å². The Morgan fingerprint density at radius 2 is 2.11 bits per heavy atom. The first-order valence-electron chi connectivity index (χ1n) is 7.44. The molecule has 0 atom stereocenters. The van der Waals surface area contributed by atoms with Crippen molar-refractivity contribution >= 4 is 5.91 Å². The molecule has 0 saturated carbocycles. The van der Waals surface area contributed by atoms with Gasteiger partial charge in [-0.15, -0.1) is 0 Å². The summed E-state index contributed by atoms with van der Waals surface area (Å²) in [6.45, 7) is 8.86. The molecule has 1 amide bonds. The van der Waals surface area contributed by atoms with Crippen LogP contribution in [0.2, 0.25) is 0 Å². The highest BCUT2D eigenvalue weighted by atomic mass is 16.2. The smallest absolute Gasteiger partial charge is 0.225 e. The first kappa shape index (κ1) is 14.1. The fourth-order valence-corrected chi connectivity index (χ4v) is 2.71. The molecule has 0 radical (unpaired) electrons. The zero-order valence-electron chi connectivity index (χ0n) is 12.3. The second kappa shape index (κ2) is 6.22. The highest BCUT2D eigenvalue weighted by Gasteiger charge is 2.26. The van der Waals surface area contributed by atoms with Crippen LogP contribution in [0.5, 0.6) is 0 Å². The molecular formula is C15H25N3O. The molecule has 1 aromatic heterocycles. The summed E-state index contributed by atoms with van der Waals surface area (Å²) >= 11 is 0. The van der Waals surface area contributed by atoms with Gasteiger partial charge in [-0.2, -0.15) is 5.10 Å². The Labute approximate surface area is 115 Å². The molecule has 106 valence electrons. The normalized spacial score (nSPS) is 17.2. The van der Waals surface area contributed by atoms with Gasteiger partial charge in [0.1, 0.15) is 0 Å². The third kappa shape index (κ3) is 3.37. The van der Waals surface area contributed by atoms with Gasteiger partial charge in [0.25, 0.3) is 0 Å². The van der Waals surface area contributed by atoms with Gasteiger partial charge in [0.05, 0.1) is 5.69 Å². The summed E-state index contributed by atoms with van der Waals surface area (Å²) in [6.07, 6.45) is 5.27. The van der Waals surface area contributed by atoms with Crippen molar-refractivity contribution < 1.29 is 4.79 Å². The minimum atomic E-state index is 0.111. The van der Waals surface area contributed by atoms with Gasteiger partial charge in [-0.3, -0.25) is 9.48 Å². The third-order valence-corrected chi connectivity index (χ3v) is 3.83. The van der Waals surface area contributed by atoms with Crippen LogP contribution in [0.4, 0.5) is 0 Å². The summed E-state index contributed by atoms with van der Waals surface area (Å²) in [5, 5.41) is 4.64. The molecule has 0 N–H and O–H groups in total. The van der Waals surface area contributed by atoms with Crippen molar-refractivity contribution in [3.63, 3.8) is 0 Å². The molecule has 1 aliphatic heterocycles. The highest BCUT2D eigenvalue weighted by molar-refractivity contribution is 5.78. The van der Waals surface area contributed by atoms with E-state index in [2.05, 4.69) is 24.3 Å². The Balaban J connectivity index is 1.90. The highest BCUT2D eigenvalue weighted by Crippen LogP contribution is 2.27. The Hall–Kier alpha value is -1.32. The predicted molar refractivity (Wildman–Crippen MR) is 75.9 cm³/mol. The average Bonchev–Trinajstić information content (AvgIpc) is 2.87. The number of carbonyl (C=O) groups is 1. The average molecular weight is 263 g/mol. The maximum Gasteiger partial charge on any atom is 0.225 e. The van der Waals surface area contributed by atoms with Gasteiger partial charge < -0.3 is 4.90 Å². The molecular weight excluding hydrogens is 238 g/mol. The van der Waals surface area contributed by atoms with Crippen LogP contribution >= 0.6 is 0 Å². The van der Waals surface area contributed by atoms with Crippen LogP contribution in [0.1, 0.15) is 51.6 Å². The Bertz CT molecular complexity index is 417. The zero-order chi connectivity index (χ0) is 13.8. The monoisotopic (exact) mass is 263 g/mol. The number of aryl methyl sites for hydroxylation is 1. The van der Waals surface area contributed by atoms with Crippen molar-refractivity contribution in [1.29, 1.82) is 0 Å². The zero-order valence-corrected chi connectivity index (χ0v) is 12.3. The largest absolute Gasteiger partial charge is 0.342 e. The standard InChI is InChI=1S/C15H25N3O/c1-4-8-18-11-7-14(16-18)13-5-9-17(10-6-13)15(19)12(2)3/h7,11-13H,4-6,8-10H2,1-3H3. The van der Waals surface area contributed by atoms with Gasteiger partial charge in [0.15, 0.2) is 0 Å². The van der Waals surface area contributed by atoms with Gasteiger partial charge >= 0.3 is 0 Å². The van der Waals surface area contributed by atoms with E-state index in [-0.39, 0.29) is 11.8 Å². The fourth-order valence-electron chi connectivity index (χ4n) is 2.71. The van der Waals surface area contributed by atoms with Gasteiger partial charge in [-0.25, -0.2) is 0 Å². The molecule has 0 aromatic carbocycles. The number of rotatable bonds is 4. The molecule has 2 heterocycles. The van der Waals surface area contributed by atoms with Gasteiger partial charge in [-0.1, -0.05) is 20.8 Å². The molecule has 1 aliphatic rings. The minimum Gasteiger partial charge on any atom is -0.342 e. The molecule has 0 unspecified atom stereocenters. The van der Waals surface area contributed by atoms with E-state index < -0.39 is 0 Å². The SMILES string of the molecule is CCCn1ccc(C2CCN(C(=O)C(C)C)CC2)n1. The summed E-state index contributed by atoms with van der Waals surface area (Å²) in [4.78, 5) is 13.9. The number of likely N-dealkylation sites (tertiary alicyclic amines) is 1. The molecule has 4 nitrogen and oxygen atoms in total. The molecule has 2 rings (SSSR count). The van der Waals surface area contributed by atoms with E-state index in [0.29, 0.717) is 5.92 Å². The molecule has 4 heteroatoms. The first-order valence-corrected chi connectivity index (χ1v) is 7.44. The maximum absolute atomic E-state index is 11.9. The summed E-state index contributed by atoms with van der Waals surface area (Å²) < 4.78 is 2.03. The second-order valence-electron chi connectivity index (χ2n) is 5.76. The third-order valence-electron chi connectivity index (χ3n) is 3.83. The van der Waals surface area contributed by atoms with E-state index in [0.717, 1.165) is 38.9 Å². The molecule has 0 bridgehead atoms. The number of aromatic nitrogens is 2. The van der Waals surface area contributed by atoms with Crippen LogP contribution in [-0.2, 0) is 11.3 Å². The van der Waals surface area contributed by atoms with E-state index in [4.69, 9.17) is 0 Å². The fraction of sp³-hybridized carbons (Fsp3) is 0.733. The number of hydrogen-bond acceptors (Lipinski definition) is 2. The molecule has 1 saturated heterocycles. The van der Waals surface area contributed by atoms with Crippen LogP contribution in [0, 0.1) is 5.92 Å². The Morgan fingerprint density at radius 3 is 2.68 bits per heavy atom. The molecule has 1 aromatic rings. The quantitative estimate of drug-likeness (QED) is 0.837. The topological polar surface area (TPSA) is 38.1 Å². The van der Waals surface area contributed by atoms with Crippen molar-refractivity contribution in [2.24, 2.45) is 5.92 Å². The van der Waals surface area contributed by atoms with Gasteiger partial charge in [0.2, 0.25) is 5.91 Å². The summed E-state index contributed by atoms with van der Waals surface area (Å²) in [6, 6.07) is 2.14. The predicted octanol–water partition coefficient (Wildman–Crippen LogP) is 2.66. The van der Waals surface area contributed by atoms with Gasteiger partial charge in [0, 0.05) is 37.7 Å². The number of piperidine rings is 1. The lowest BCUT2D eigenvalue weighted by Crippen LogP contribution is -2.40. The molecule has 19 heavy (non-hydrogen) atoms. The summed E-state index contributed by atoms with van der Waals surface area (Å²) in [5.41, 5.74) is 1.20. The maximum atomic E-state index is 11.9. The number of nitrogens with zero attached hydrogens (tertiary/aromatic N) is 3. The summed E-state index contributed by atoms with van der Waals surface area (Å²) in [7, 11) is 0. The number of hydrogen-bond donors (Lipinski definition) is 0. The van der Waals surface area contributed by atoms with E-state index in [9.17, 15) is 4.79 Å². The number of amides is 1. The van der Waals surface area contributed by atoms with E-state index >= 15 is 0 Å². The van der Waals surface area contributed by atoms with E-state index in [1.807, 2.05) is 23.4 Å². The van der Waals surface area contributed by atoms with Gasteiger partial charge in [-0.05, 0) is 25.3 Å². The lowest BCUT2D eigenvalue weighted by atomic mass is 9.93. The first-order chi connectivity index (χ1) is 9.11. The van der Waals surface area contributed by atoms with E-state index in [1.165, 1.54) is 5.69 Å². The van der Waals surface area contributed by atoms with Crippen molar-refractivity contribution in [2.75, 3.05) is 13.1 Å². The summed E-state index contributed by atoms with van der Waals surface area (Å²) in [5.74, 6) is 0.921. The molecule has 0 spiro atoms. The Kier molecular flexibility index (Phi) is 4.61. The van der Waals surface area contributed by atoms with Crippen LogP contribution in [0.25, 0.3) is 0 Å².